The fourth-order valence-electron chi connectivity index (χ4n) is 2.98. The quantitative estimate of drug-likeness (QED) is 0.400. The summed E-state index contributed by atoms with van der Waals surface area (Å²) in [4.78, 5) is 16.0. The molecule has 3 aromatic rings. The molecule has 1 unspecified atom stereocenters. The first-order chi connectivity index (χ1) is 15.1. The van der Waals surface area contributed by atoms with Crippen LogP contribution < -0.4 is 4.31 Å². The molecule has 0 spiro atoms. The number of rotatable bonds is 8. The highest BCUT2D eigenvalue weighted by Gasteiger charge is 2.33. The van der Waals surface area contributed by atoms with Gasteiger partial charge in [0.15, 0.2) is 0 Å². The molecule has 6 nitrogen and oxygen atoms in total. The van der Waals surface area contributed by atoms with E-state index in [9.17, 15) is 22.0 Å². The molecule has 0 saturated heterocycles. The van der Waals surface area contributed by atoms with Crippen LogP contribution in [0.3, 0.4) is 0 Å². The number of anilines is 1. The second-order valence-electron chi connectivity index (χ2n) is 6.76. The number of carbonyl (C=O) groups is 1. The minimum absolute atomic E-state index is 0.114. The average Bonchev–Trinajstić information content (AvgIpc) is 3.24. The number of methoxy groups -OCH3 is 1. The number of aromatic nitrogens is 1. The molecule has 1 aromatic heterocycles. The van der Waals surface area contributed by atoms with Crippen LogP contribution in [0.2, 0.25) is 5.02 Å². The van der Waals surface area contributed by atoms with Crippen molar-refractivity contribution in [3.63, 3.8) is 0 Å². The molecule has 0 fully saturated rings. The van der Waals surface area contributed by atoms with E-state index in [4.69, 9.17) is 11.6 Å². The lowest BCUT2D eigenvalue weighted by Crippen LogP contribution is -2.34. The number of aryl methyl sites for hydroxylation is 1. The van der Waals surface area contributed by atoms with Gasteiger partial charge in [-0.1, -0.05) is 11.6 Å². The van der Waals surface area contributed by atoms with Crippen LogP contribution >= 0.6 is 22.9 Å². The molecule has 3 rings (SSSR count). The Morgan fingerprint density at radius 3 is 2.56 bits per heavy atom. The van der Waals surface area contributed by atoms with E-state index in [1.807, 2.05) is 0 Å². The van der Waals surface area contributed by atoms with E-state index in [1.165, 1.54) is 48.9 Å². The largest absolute Gasteiger partial charge is 0.469 e. The summed E-state index contributed by atoms with van der Waals surface area (Å²) in [5.41, 5.74) is -0.433. The van der Waals surface area contributed by atoms with Crippen molar-refractivity contribution in [3.8, 4) is 0 Å². The van der Waals surface area contributed by atoms with Gasteiger partial charge in [-0.05, 0) is 43.3 Å². The molecule has 0 aliphatic rings. The van der Waals surface area contributed by atoms with Gasteiger partial charge < -0.3 is 4.74 Å². The maximum atomic E-state index is 14.7. The van der Waals surface area contributed by atoms with Gasteiger partial charge in [0.05, 0.1) is 35.2 Å². The lowest BCUT2D eigenvalue weighted by atomic mass is 10.2. The summed E-state index contributed by atoms with van der Waals surface area (Å²) >= 11 is 7.05. The minimum atomic E-state index is -4.31. The SMILES string of the molecule is COC(=O)CCc1ncc(C(C)N(c2cc(F)ccc2F)S(=O)(=O)c2ccc(Cl)cc2)s1. The van der Waals surface area contributed by atoms with Crippen LogP contribution in [-0.2, 0) is 26.0 Å². The van der Waals surface area contributed by atoms with Crippen LogP contribution in [0.5, 0.6) is 0 Å². The van der Waals surface area contributed by atoms with Crippen molar-refractivity contribution in [2.45, 2.75) is 30.7 Å². The Balaban J connectivity index is 2.05. The Labute approximate surface area is 193 Å². The number of esters is 1. The summed E-state index contributed by atoms with van der Waals surface area (Å²) < 4.78 is 61.1. The lowest BCUT2D eigenvalue weighted by Gasteiger charge is -2.30. The number of thiazole rings is 1. The van der Waals surface area contributed by atoms with Gasteiger partial charge >= 0.3 is 5.97 Å². The van der Waals surface area contributed by atoms with E-state index < -0.39 is 39.4 Å². The Bertz CT molecular complexity index is 1220. The van der Waals surface area contributed by atoms with E-state index in [1.54, 1.807) is 6.92 Å². The molecule has 1 heterocycles. The Hall–Kier alpha value is -2.56. The predicted molar refractivity (Wildman–Crippen MR) is 118 cm³/mol. The first-order valence-electron chi connectivity index (χ1n) is 9.40. The minimum Gasteiger partial charge on any atom is -0.469 e. The molecular formula is C21H19ClF2N2O4S2. The van der Waals surface area contributed by atoms with Gasteiger partial charge in [0.1, 0.15) is 11.6 Å². The standard InChI is InChI=1S/C21H19ClF2N2O4S2/c1-13(19-12-25-20(31-19)9-10-21(27)30-2)26(18-11-15(23)5-8-17(18)24)32(28,29)16-6-3-14(22)4-7-16/h3-8,11-13H,9-10H2,1-2H3. The van der Waals surface area contributed by atoms with E-state index in [2.05, 4.69) is 9.72 Å². The van der Waals surface area contributed by atoms with E-state index >= 15 is 0 Å². The van der Waals surface area contributed by atoms with Crippen molar-refractivity contribution in [2.75, 3.05) is 11.4 Å². The monoisotopic (exact) mass is 500 g/mol. The number of nitrogens with zero attached hydrogens (tertiary/aromatic N) is 2. The zero-order valence-corrected chi connectivity index (χ0v) is 19.5. The molecule has 0 aliphatic carbocycles. The normalized spacial score (nSPS) is 12.4. The van der Waals surface area contributed by atoms with Crippen LogP contribution in [0.15, 0.2) is 53.6 Å². The molecule has 32 heavy (non-hydrogen) atoms. The van der Waals surface area contributed by atoms with Crippen LogP contribution in [0.1, 0.15) is 29.3 Å². The van der Waals surface area contributed by atoms with E-state index in [0.717, 1.165) is 22.5 Å². The molecule has 2 aromatic carbocycles. The fraction of sp³-hybridized carbons (Fsp3) is 0.238. The number of benzene rings is 2. The second-order valence-corrected chi connectivity index (χ2v) is 10.2. The molecule has 0 radical (unpaired) electrons. The van der Waals surface area contributed by atoms with Crippen molar-refractivity contribution in [1.82, 2.24) is 4.98 Å². The van der Waals surface area contributed by atoms with Gasteiger partial charge in [0.25, 0.3) is 10.0 Å². The van der Waals surface area contributed by atoms with Gasteiger partial charge in [-0.15, -0.1) is 11.3 Å². The highest BCUT2D eigenvalue weighted by Crippen LogP contribution is 2.37. The second kappa shape index (κ2) is 9.93. The van der Waals surface area contributed by atoms with Gasteiger partial charge in [0.2, 0.25) is 0 Å². The van der Waals surface area contributed by atoms with Gasteiger partial charge in [-0.2, -0.15) is 0 Å². The zero-order valence-electron chi connectivity index (χ0n) is 17.1. The smallest absolute Gasteiger partial charge is 0.305 e. The van der Waals surface area contributed by atoms with Crippen molar-refractivity contribution in [3.05, 3.63) is 75.2 Å². The number of ether oxygens (including phenoxy) is 1. The Morgan fingerprint density at radius 1 is 1.22 bits per heavy atom. The Kier molecular flexibility index (Phi) is 7.47. The molecule has 0 aliphatic heterocycles. The average molecular weight is 501 g/mol. The van der Waals surface area contributed by atoms with Crippen molar-refractivity contribution in [1.29, 1.82) is 0 Å². The van der Waals surface area contributed by atoms with Crippen LogP contribution in [0.25, 0.3) is 0 Å². The van der Waals surface area contributed by atoms with E-state index in [0.29, 0.717) is 21.3 Å². The predicted octanol–water partition coefficient (Wildman–Crippen LogP) is 5.14. The summed E-state index contributed by atoms with van der Waals surface area (Å²) in [5.74, 6) is -2.08. The van der Waals surface area contributed by atoms with Crippen LogP contribution in [0, 0.1) is 11.6 Å². The lowest BCUT2D eigenvalue weighted by molar-refractivity contribution is -0.140. The number of carbonyl (C=O) groups excluding carboxylic acids is 1. The third-order valence-electron chi connectivity index (χ3n) is 4.62. The van der Waals surface area contributed by atoms with Crippen molar-refractivity contribution in [2.24, 2.45) is 0 Å². The van der Waals surface area contributed by atoms with Crippen molar-refractivity contribution < 1.29 is 26.7 Å². The summed E-state index contributed by atoms with van der Waals surface area (Å²) in [5, 5.41) is 0.916. The third-order valence-corrected chi connectivity index (χ3v) is 8.00. The number of sulfonamides is 1. The molecule has 1 atom stereocenters. The molecule has 0 amide bonds. The highest BCUT2D eigenvalue weighted by atomic mass is 35.5. The van der Waals surface area contributed by atoms with Crippen LogP contribution in [-0.4, -0.2) is 26.5 Å². The molecule has 170 valence electrons. The molecule has 0 bridgehead atoms. The molecular weight excluding hydrogens is 482 g/mol. The number of halogens is 3. The first-order valence-corrected chi connectivity index (χ1v) is 12.0. The molecule has 0 saturated carbocycles. The molecule has 0 N–H and O–H groups in total. The van der Waals surface area contributed by atoms with E-state index in [-0.39, 0.29) is 11.3 Å². The van der Waals surface area contributed by atoms with Gasteiger partial charge in [-0.25, -0.2) is 22.2 Å². The third kappa shape index (κ3) is 5.25. The topological polar surface area (TPSA) is 76.6 Å². The summed E-state index contributed by atoms with van der Waals surface area (Å²) in [6, 6.07) is 7.08. The molecule has 11 heteroatoms. The summed E-state index contributed by atoms with van der Waals surface area (Å²) in [6.45, 7) is 1.55. The zero-order chi connectivity index (χ0) is 23.5. The van der Waals surface area contributed by atoms with Crippen LogP contribution in [0.4, 0.5) is 14.5 Å². The number of hydrogen-bond acceptors (Lipinski definition) is 6. The van der Waals surface area contributed by atoms with Crippen molar-refractivity contribution >= 4 is 44.6 Å². The Morgan fingerprint density at radius 2 is 1.91 bits per heavy atom. The number of hydrogen-bond donors (Lipinski definition) is 0. The maximum absolute atomic E-state index is 14.7. The maximum Gasteiger partial charge on any atom is 0.305 e. The summed E-state index contributed by atoms with van der Waals surface area (Å²) in [6.07, 6.45) is 1.88. The highest BCUT2D eigenvalue weighted by molar-refractivity contribution is 7.92. The first kappa shape index (κ1) is 24.1. The van der Waals surface area contributed by atoms with Gasteiger partial charge in [-0.3, -0.25) is 9.10 Å². The summed E-state index contributed by atoms with van der Waals surface area (Å²) in [7, 11) is -3.02. The fourth-order valence-corrected chi connectivity index (χ4v) is 5.77. The van der Waals surface area contributed by atoms with Gasteiger partial charge in [0, 0.05) is 28.6 Å².